The number of carbonyl (C=O) groups is 3. The number of hydrogen-bond acceptors (Lipinski definition) is 5. The number of rotatable bonds is 9. The zero-order valence-electron chi connectivity index (χ0n) is 13.7. The molecule has 0 aliphatic heterocycles. The Kier molecular flexibility index (Phi) is 7.97. The van der Waals surface area contributed by atoms with Gasteiger partial charge in [-0.15, -0.1) is 0 Å². The van der Waals surface area contributed by atoms with Crippen LogP contribution in [0, 0.1) is 0 Å². The first-order valence-electron chi connectivity index (χ1n) is 7.51. The zero-order valence-corrected chi connectivity index (χ0v) is 13.7. The molecule has 23 heavy (non-hydrogen) atoms. The third-order valence-electron chi connectivity index (χ3n) is 3.48. The summed E-state index contributed by atoms with van der Waals surface area (Å²) >= 11 is 0. The molecule has 0 spiro atoms. The number of esters is 1. The number of carbonyl (C=O) groups excluding carboxylic acids is 3. The van der Waals surface area contributed by atoms with Crippen LogP contribution in [-0.4, -0.2) is 37.9 Å². The van der Waals surface area contributed by atoms with Gasteiger partial charge in [-0.3, -0.25) is 9.59 Å². The predicted molar refractivity (Wildman–Crippen MR) is 84.7 cm³/mol. The van der Waals surface area contributed by atoms with Crippen molar-refractivity contribution in [2.75, 3.05) is 14.2 Å². The van der Waals surface area contributed by atoms with Crippen molar-refractivity contribution < 1.29 is 23.9 Å². The lowest BCUT2D eigenvalue weighted by atomic mass is 10.1. The van der Waals surface area contributed by atoms with Crippen molar-refractivity contribution in [3.05, 3.63) is 35.9 Å². The molecule has 1 N–H and O–H groups in total. The summed E-state index contributed by atoms with van der Waals surface area (Å²) in [5.41, 5.74) is 0.681. The molecule has 0 unspecified atom stereocenters. The summed E-state index contributed by atoms with van der Waals surface area (Å²) < 4.78 is 9.92. The van der Waals surface area contributed by atoms with Gasteiger partial charge in [0.05, 0.1) is 7.11 Å². The minimum atomic E-state index is -0.871. The summed E-state index contributed by atoms with van der Waals surface area (Å²) in [6.45, 7) is 1.75. The monoisotopic (exact) mass is 321 g/mol. The molecule has 1 amide bonds. The predicted octanol–water partition coefficient (Wildman–Crippen LogP) is 1.79. The lowest BCUT2D eigenvalue weighted by molar-refractivity contribution is -0.147. The summed E-state index contributed by atoms with van der Waals surface area (Å²) in [4.78, 5) is 35.6. The maximum atomic E-state index is 12.4. The molecule has 0 aliphatic rings. The first kappa shape index (κ1) is 18.8. The number of amides is 1. The van der Waals surface area contributed by atoms with Crippen LogP contribution in [-0.2, 0) is 23.9 Å². The van der Waals surface area contributed by atoms with E-state index in [2.05, 4.69) is 5.32 Å². The van der Waals surface area contributed by atoms with Gasteiger partial charge in [0.1, 0.15) is 11.8 Å². The van der Waals surface area contributed by atoms with Gasteiger partial charge in [-0.1, -0.05) is 37.3 Å². The number of benzene rings is 1. The van der Waals surface area contributed by atoms with Crippen LogP contribution in [0.5, 0.6) is 0 Å². The van der Waals surface area contributed by atoms with E-state index in [1.807, 2.05) is 6.07 Å². The van der Waals surface area contributed by atoms with E-state index in [9.17, 15) is 14.4 Å². The van der Waals surface area contributed by atoms with Gasteiger partial charge < -0.3 is 14.8 Å². The van der Waals surface area contributed by atoms with Crippen LogP contribution in [0.4, 0.5) is 0 Å². The molecule has 0 saturated carbocycles. The third kappa shape index (κ3) is 5.83. The molecule has 0 bridgehead atoms. The first-order chi connectivity index (χ1) is 11.0. The SMILES string of the molecule is CCC(=O)CC[C@H](NC(=O)[C@H](OC)c1ccccc1)C(=O)OC. The molecule has 6 nitrogen and oxygen atoms in total. The van der Waals surface area contributed by atoms with Gasteiger partial charge >= 0.3 is 5.97 Å². The molecule has 1 aromatic rings. The summed E-state index contributed by atoms with van der Waals surface area (Å²) in [6.07, 6.45) is -0.0206. The van der Waals surface area contributed by atoms with Crippen molar-refractivity contribution >= 4 is 17.7 Å². The molecule has 126 valence electrons. The van der Waals surface area contributed by atoms with Gasteiger partial charge in [0.25, 0.3) is 5.91 Å². The Balaban J connectivity index is 2.78. The van der Waals surface area contributed by atoms with Crippen LogP contribution in [0.2, 0.25) is 0 Å². The smallest absolute Gasteiger partial charge is 0.328 e. The van der Waals surface area contributed by atoms with Crippen molar-refractivity contribution in [3.63, 3.8) is 0 Å². The van der Waals surface area contributed by atoms with E-state index >= 15 is 0 Å². The molecule has 0 aromatic heterocycles. The summed E-state index contributed by atoms with van der Waals surface area (Å²) in [5, 5.41) is 2.61. The Morgan fingerprint density at radius 3 is 2.30 bits per heavy atom. The van der Waals surface area contributed by atoms with Gasteiger partial charge in [-0.05, 0) is 12.0 Å². The second-order valence-corrected chi connectivity index (χ2v) is 5.04. The molecule has 0 radical (unpaired) electrons. The van der Waals surface area contributed by atoms with E-state index in [-0.39, 0.29) is 18.6 Å². The van der Waals surface area contributed by atoms with Crippen molar-refractivity contribution in [1.82, 2.24) is 5.32 Å². The highest BCUT2D eigenvalue weighted by molar-refractivity contribution is 5.88. The maximum absolute atomic E-state index is 12.4. The van der Waals surface area contributed by atoms with Gasteiger partial charge in [0.2, 0.25) is 0 Å². The number of ketones is 1. The van der Waals surface area contributed by atoms with Crippen LogP contribution in [0.1, 0.15) is 37.9 Å². The summed E-state index contributed by atoms with van der Waals surface area (Å²) in [6, 6.07) is 8.09. The van der Waals surface area contributed by atoms with Crippen LogP contribution in [0.15, 0.2) is 30.3 Å². The lowest BCUT2D eigenvalue weighted by Crippen LogP contribution is -2.44. The molecule has 0 aliphatic carbocycles. The fourth-order valence-corrected chi connectivity index (χ4v) is 2.14. The summed E-state index contributed by atoms with van der Waals surface area (Å²) in [7, 11) is 2.67. The lowest BCUT2D eigenvalue weighted by Gasteiger charge is -2.20. The quantitative estimate of drug-likeness (QED) is 0.701. The second kappa shape index (κ2) is 9.74. The fraction of sp³-hybridized carbons (Fsp3) is 0.471. The average molecular weight is 321 g/mol. The van der Waals surface area contributed by atoms with E-state index in [4.69, 9.17) is 9.47 Å². The van der Waals surface area contributed by atoms with E-state index < -0.39 is 24.0 Å². The number of ether oxygens (including phenoxy) is 2. The average Bonchev–Trinajstić information content (AvgIpc) is 2.59. The molecule has 1 rings (SSSR count). The van der Waals surface area contributed by atoms with Crippen molar-refractivity contribution in [3.8, 4) is 0 Å². The van der Waals surface area contributed by atoms with Gasteiger partial charge in [-0.25, -0.2) is 4.79 Å². The van der Waals surface area contributed by atoms with E-state index in [0.29, 0.717) is 12.0 Å². The van der Waals surface area contributed by atoms with Crippen molar-refractivity contribution in [2.24, 2.45) is 0 Å². The van der Waals surface area contributed by atoms with Crippen molar-refractivity contribution in [1.29, 1.82) is 0 Å². The second-order valence-electron chi connectivity index (χ2n) is 5.04. The Bertz CT molecular complexity index is 529. The number of nitrogens with one attached hydrogen (secondary N) is 1. The number of methoxy groups -OCH3 is 2. The maximum Gasteiger partial charge on any atom is 0.328 e. The van der Waals surface area contributed by atoms with E-state index in [1.54, 1.807) is 31.2 Å². The largest absolute Gasteiger partial charge is 0.467 e. The molecule has 0 fully saturated rings. The molecule has 6 heteroatoms. The molecule has 1 aromatic carbocycles. The normalized spacial score (nSPS) is 13.0. The van der Waals surface area contributed by atoms with Crippen LogP contribution < -0.4 is 5.32 Å². The standard InChI is InChI=1S/C17H23NO5/c1-4-13(19)10-11-14(17(21)23-3)18-16(20)15(22-2)12-8-6-5-7-9-12/h5-9,14-15H,4,10-11H2,1-3H3,(H,18,20)/t14-,15+/m0/s1. The minimum absolute atomic E-state index is 0.0273. The van der Waals surface area contributed by atoms with E-state index in [1.165, 1.54) is 14.2 Å². The van der Waals surface area contributed by atoms with Gasteiger partial charge in [0.15, 0.2) is 6.10 Å². The zero-order chi connectivity index (χ0) is 17.2. The topological polar surface area (TPSA) is 81.7 Å². The highest BCUT2D eigenvalue weighted by Gasteiger charge is 2.27. The molecule has 2 atom stereocenters. The Hall–Kier alpha value is -2.21. The molecule has 0 heterocycles. The highest BCUT2D eigenvalue weighted by Crippen LogP contribution is 2.17. The van der Waals surface area contributed by atoms with Crippen LogP contribution in [0.25, 0.3) is 0 Å². The Labute approximate surface area is 136 Å². The first-order valence-corrected chi connectivity index (χ1v) is 7.51. The van der Waals surface area contributed by atoms with Gasteiger partial charge in [-0.2, -0.15) is 0 Å². The minimum Gasteiger partial charge on any atom is -0.467 e. The third-order valence-corrected chi connectivity index (χ3v) is 3.48. The molecular formula is C17H23NO5. The Morgan fingerprint density at radius 1 is 1.13 bits per heavy atom. The van der Waals surface area contributed by atoms with Crippen LogP contribution >= 0.6 is 0 Å². The number of Topliss-reactive ketones (excluding diaryl/α,β-unsaturated/α-hetero) is 1. The fourth-order valence-electron chi connectivity index (χ4n) is 2.14. The summed E-state index contributed by atoms with van der Waals surface area (Å²) in [5.74, 6) is -0.997. The van der Waals surface area contributed by atoms with E-state index in [0.717, 1.165) is 0 Å². The molecular weight excluding hydrogens is 298 g/mol. The van der Waals surface area contributed by atoms with Gasteiger partial charge in [0, 0.05) is 20.0 Å². The Morgan fingerprint density at radius 2 is 1.78 bits per heavy atom. The highest BCUT2D eigenvalue weighted by atomic mass is 16.5. The number of hydrogen-bond donors (Lipinski definition) is 1. The van der Waals surface area contributed by atoms with Crippen molar-refractivity contribution in [2.45, 2.75) is 38.3 Å². The van der Waals surface area contributed by atoms with Crippen LogP contribution in [0.3, 0.4) is 0 Å². The molecule has 0 saturated heterocycles.